The van der Waals surface area contributed by atoms with Crippen LogP contribution in [-0.4, -0.2) is 38.1 Å². The second-order valence-corrected chi connectivity index (χ2v) is 6.65. The van der Waals surface area contributed by atoms with E-state index in [-0.39, 0.29) is 24.0 Å². The smallest absolute Gasteiger partial charge is 0.191 e. The molecule has 0 aliphatic carbocycles. The molecule has 0 amide bonds. The fraction of sp³-hybridized carbons (Fsp3) is 0.409. The van der Waals surface area contributed by atoms with E-state index in [0.717, 1.165) is 30.4 Å². The number of hydrogen-bond donors (Lipinski definition) is 2. The van der Waals surface area contributed by atoms with Gasteiger partial charge in [0, 0.05) is 25.2 Å². The van der Waals surface area contributed by atoms with Crippen molar-refractivity contribution in [1.29, 1.82) is 0 Å². The molecule has 0 bridgehead atoms. The highest BCUT2D eigenvalue weighted by Gasteiger charge is 2.04. The summed E-state index contributed by atoms with van der Waals surface area (Å²) in [5, 5.41) is 6.71. The summed E-state index contributed by atoms with van der Waals surface area (Å²) in [6.45, 7) is 7.80. The Hall–Kier alpha value is -1.80. The van der Waals surface area contributed by atoms with Gasteiger partial charge in [0.25, 0.3) is 0 Å². The second-order valence-electron chi connectivity index (χ2n) is 6.65. The summed E-state index contributed by atoms with van der Waals surface area (Å²) in [6, 6.07) is 16.7. The van der Waals surface area contributed by atoms with Crippen molar-refractivity contribution < 1.29 is 4.74 Å². The topological polar surface area (TPSA) is 48.9 Å². The third-order valence-corrected chi connectivity index (χ3v) is 3.97. The number of halogens is 1. The summed E-state index contributed by atoms with van der Waals surface area (Å²) in [5.74, 6) is 1.72. The average molecular weight is 496 g/mol. The molecule has 6 heteroatoms. The van der Waals surface area contributed by atoms with Gasteiger partial charge in [-0.2, -0.15) is 0 Å². The molecule has 2 aromatic rings. The maximum atomic E-state index is 5.70. The van der Waals surface area contributed by atoms with Gasteiger partial charge in [-0.3, -0.25) is 0 Å². The minimum Gasteiger partial charge on any atom is -0.494 e. The number of rotatable bonds is 9. The first-order chi connectivity index (χ1) is 13.1. The predicted molar refractivity (Wildman–Crippen MR) is 129 cm³/mol. The van der Waals surface area contributed by atoms with Crippen molar-refractivity contribution in [1.82, 2.24) is 15.5 Å². The Morgan fingerprint density at radius 1 is 1.00 bits per heavy atom. The summed E-state index contributed by atoms with van der Waals surface area (Å²) in [5.41, 5.74) is 3.63. The quantitative estimate of drug-likeness (QED) is 0.313. The molecule has 2 rings (SSSR count). The van der Waals surface area contributed by atoms with Crippen LogP contribution in [0.1, 0.15) is 30.5 Å². The van der Waals surface area contributed by atoms with Gasteiger partial charge in [-0.05, 0) is 45.1 Å². The van der Waals surface area contributed by atoms with E-state index in [1.165, 1.54) is 11.1 Å². The summed E-state index contributed by atoms with van der Waals surface area (Å²) in [7, 11) is 4.16. The van der Waals surface area contributed by atoms with Gasteiger partial charge >= 0.3 is 0 Å². The Morgan fingerprint density at radius 2 is 1.75 bits per heavy atom. The van der Waals surface area contributed by atoms with E-state index in [9.17, 15) is 0 Å². The highest BCUT2D eigenvalue weighted by Crippen LogP contribution is 2.17. The van der Waals surface area contributed by atoms with Crippen LogP contribution in [0.3, 0.4) is 0 Å². The van der Waals surface area contributed by atoms with Gasteiger partial charge in [0.1, 0.15) is 5.75 Å². The van der Waals surface area contributed by atoms with Crippen LogP contribution in [-0.2, 0) is 19.6 Å². The van der Waals surface area contributed by atoms with Crippen LogP contribution in [0.5, 0.6) is 5.75 Å². The van der Waals surface area contributed by atoms with Gasteiger partial charge in [0.2, 0.25) is 0 Å². The van der Waals surface area contributed by atoms with Crippen LogP contribution < -0.4 is 15.4 Å². The maximum absolute atomic E-state index is 5.70. The molecular weight excluding hydrogens is 463 g/mol. The molecule has 0 unspecified atom stereocenters. The lowest BCUT2D eigenvalue weighted by Gasteiger charge is -2.14. The van der Waals surface area contributed by atoms with Crippen molar-refractivity contribution in [3.8, 4) is 5.75 Å². The zero-order chi connectivity index (χ0) is 19.5. The van der Waals surface area contributed by atoms with Gasteiger partial charge in [-0.1, -0.05) is 42.5 Å². The molecule has 0 fully saturated rings. The van der Waals surface area contributed by atoms with Gasteiger partial charge in [-0.15, -0.1) is 24.0 Å². The van der Waals surface area contributed by atoms with Crippen LogP contribution in [0.4, 0.5) is 0 Å². The van der Waals surface area contributed by atoms with Crippen molar-refractivity contribution in [2.75, 3.05) is 27.2 Å². The van der Waals surface area contributed by atoms with Crippen LogP contribution >= 0.6 is 24.0 Å². The number of benzene rings is 2. The number of guanidine groups is 1. The van der Waals surface area contributed by atoms with Crippen molar-refractivity contribution in [2.24, 2.45) is 4.99 Å². The van der Waals surface area contributed by atoms with Gasteiger partial charge in [-0.25, -0.2) is 4.99 Å². The van der Waals surface area contributed by atoms with Gasteiger partial charge in [0.15, 0.2) is 5.96 Å². The number of nitrogens with one attached hydrogen (secondary N) is 2. The zero-order valence-electron chi connectivity index (χ0n) is 17.4. The van der Waals surface area contributed by atoms with E-state index in [1.807, 2.05) is 25.1 Å². The minimum absolute atomic E-state index is 0. The van der Waals surface area contributed by atoms with Crippen LogP contribution in [0.15, 0.2) is 53.5 Å². The number of aliphatic imine (C=N–C) groups is 1. The second kappa shape index (κ2) is 13.4. The molecule has 2 aromatic carbocycles. The first-order valence-corrected chi connectivity index (χ1v) is 9.57. The summed E-state index contributed by atoms with van der Waals surface area (Å²) in [6.07, 6.45) is 0. The highest BCUT2D eigenvalue weighted by molar-refractivity contribution is 14.0. The molecule has 0 atom stereocenters. The maximum Gasteiger partial charge on any atom is 0.191 e. The monoisotopic (exact) mass is 496 g/mol. The fourth-order valence-electron chi connectivity index (χ4n) is 2.83. The number of para-hydroxylation sites is 1. The SMILES string of the molecule is CCNC(=NCc1cccc(CN(C)C)c1)NCc1ccccc1OCC.I. The summed E-state index contributed by atoms with van der Waals surface area (Å²) in [4.78, 5) is 6.91. The average Bonchev–Trinajstić information content (AvgIpc) is 2.65. The van der Waals surface area contributed by atoms with Crippen LogP contribution in [0.2, 0.25) is 0 Å². The molecule has 0 radical (unpaired) electrons. The first-order valence-electron chi connectivity index (χ1n) is 9.57. The lowest BCUT2D eigenvalue weighted by Crippen LogP contribution is -2.36. The lowest BCUT2D eigenvalue weighted by molar-refractivity contribution is 0.336. The molecule has 0 saturated heterocycles. The number of ether oxygens (including phenoxy) is 1. The van der Waals surface area contributed by atoms with E-state index in [4.69, 9.17) is 9.73 Å². The minimum atomic E-state index is 0. The Labute approximate surface area is 186 Å². The van der Waals surface area contributed by atoms with Crippen LogP contribution in [0, 0.1) is 0 Å². The van der Waals surface area contributed by atoms with Crippen LogP contribution in [0.25, 0.3) is 0 Å². The summed E-state index contributed by atoms with van der Waals surface area (Å²) >= 11 is 0. The zero-order valence-corrected chi connectivity index (χ0v) is 19.7. The Bertz CT molecular complexity index is 734. The van der Waals surface area contributed by atoms with E-state index in [1.54, 1.807) is 0 Å². The molecule has 5 nitrogen and oxygen atoms in total. The Morgan fingerprint density at radius 3 is 2.46 bits per heavy atom. The first kappa shape index (κ1) is 24.2. The largest absolute Gasteiger partial charge is 0.494 e. The van der Waals surface area contributed by atoms with E-state index in [0.29, 0.717) is 19.7 Å². The van der Waals surface area contributed by atoms with Crippen molar-refractivity contribution >= 4 is 29.9 Å². The molecular formula is C22H33IN4O. The molecule has 0 heterocycles. The lowest BCUT2D eigenvalue weighted by atomic mass is 10.1. The third kappa shape index (κ3) is 8.48. The van der Waals surface area contributed by atoms with Gasteiger partial charge in [0.05, 0.1) is 13.2 Å². The standard InChI is InChI=1S/C22H32N4O.HI/c1-5-23-22(25-16-20-12-7-8-13-21(20)27-6-2)24-15-18-10-9-11-19(14-18)17-26(3)4;/h7-14H,5-6,15-17H2,1-4H3,(H2,23,24,25);1H. The Kier molecular flexibility index (Phi) is 11.6. The fourth-order valence-corrected chi connectivity index (χ4v) is 2.83. The van der Waals surface area contributed by atoms with E-state index in [2.05, 4.69) is 66.9 Å². The van der Waals surface area contributed by atoms with E-state index >= 15 is 0 Å². The molecule has 154 valence electrons. The molecule has 2 N–H and O–H groups in total. The number of nitrogens with zero attached hydrogens (tertiary/aromatic N) is 2. The highest BCUT2D eigenvalue weighted by atomic mass is 127. The van der Waals surface area contributed by atoms with Crippen molar-refractivity contribution in [3.05, 3.63) is 65.2 Å². The van der Waals surface area contributed by atoms with E-state index < -0.39 is 0 Å². The Balaban J connectivity index is 0.00000392. The predicted octanol–water partition coefficient (Wildman–Crippen LogP) is 4.02. The third-order valence-electron chi connectivity index (χ3n) is 3.97. The molecule has 0 aliphatic heterocycles. The summed E-state index contributed by atoms with van der Waals surface area (Å²) < 4.78 is 5.70. The normalized spacial score (nSPS) is 11.1. The van der Waals surface area contributed by atoms with Crippen molar-refractivity contribution in [2.45, 2.75) is 33.5 Å². The molecule has 0 spiro atoms. The van der Waals surface area contributed by atoms with Crippen molar-refractivity contribution in [3.63, 3.8) is 0 Å². The number of hydrogen-bond acceptors (Lipinski definition) is 3. The molecule has 0 aliphatic rings. The van der Waals surface area contributed by atoms with Gasteiger partial charge < -0.3 is 20.3 Å². The molecule has 0 saturated carbocycles. The molecule has 28 heavy (non-hydrogen) atoms. The molecule has 0 aromatic heterocycles.